The standard InChI is InChI=1S/C34H30IN3O5S2/c1-19(2)43-33(40)29-20(3)37-34-38(30(29)22-10-12-25(44-5)13-11-22)32(39)28(45-34)16-21-14-26(35)31(27(15-21)41-4)42-18-24-9-7-6-8-23(24)17-36/h6-16,19,30H,18H2,1-5H3/b28-16-/t30-/m1/s1. The molecule has 1 aliphatic rings. The summed E-state index contributed by atoms with van der Waals surface area (Å²) in [4.78, 5) is 33.7. The SMILES string of the molecule is COc1cc(/C=c2\sc3n(c2=O)[C@H](c2ccc(SC)cc2)C(C(=O)OC(C)C)=C(C)N=3)cc(I)c1OCc1ccccc1C#N. The zero-order valence-electron chi connectivity index (χ0n) is 25.3. The number of fused-ring (bicyclic) bond motifs is 1. The van der Waals surface area contributed by atoms with Crippen molar-refractivity contribution < 1.29 is 19.0 Å². The third-order valence-electron chi connectivity index (χ3n) is 7.08. The Morgan fingerprint density at radius 3 is 2.60 bits per heavy atom. The fourth-order valence-electron chi connectivity index (χ4n) is 4.98. The molecule has 0 unspecified atom stereocenters. The monoisotopic (exact) mass is 751 g/mol. The van der Waals surface area contributed by atoms with Crippen LogP contribution in [0.25, 0.3) is 6.08 Å². The number of methoxy groups -OCH3 is 1. The summed E-state index contributed by atoms with van der Waals surface area (Å²) < 4.78 is 20.2. The van der Waals surface area contributed by atoms with Crippen molar-refractivity contribution in [3.63, 3.8) is 0 Å². The predicted molar refractivity (Wildman–Crippen MR) is 184 cm³/mol. The van der Waals surface area contributed by atoms with Crippen molar-refractivity contribution in [2.75, 3.05) is 13.4 Å². The molecule has 1 aromatic heterocycles. The number of benzene rings is 3. The van der Waals surface area contributed by atoms with E-state index in [1.165, 1.54) is 11.3 Å². The van der Waals surface area contributed by atoms with Crippen LogP contribution in [0.1, 0.15) is 49.1 Å². The van der Waals surface area contributed by atoms with Gasteiger partial charge in [-0.3, -0.25) is 9.36 Å². The quantitative estimate of drug-likeness (QED) is 0.118. The molecule has 0 saturated heterocycles. The van der Waals surface area contributed by atoms with Crippen LogP contribution in [0.2, 0.25) is 0 Å². The molecule has 0 N–H and O–H groups in total. The summed E-state index contributed by atoms with van der Waals surface area (Å²) in [7, 11) is 1.56. The third kappa shape index (κ3) is 6.88. The lowest BCUT2D eigenvalue weighted by Gasteiger charge is -2.25. The topological polar surface area (TPSA) is 103 Å². The van der Waals surface area contributed by atoms with Crippen LogP contribution in [0.15, 0.2) is 86.6 Å². The van der Waals surface area contributed by atoms with Gasteiger partial charge in [-0.25, -0.2) is 9.79 Å². The van der Waals surface area contributed by atoms with Gasteiger partial charge in [0, 0.05) is 10.5 Å². The number of halogens is 1. The number of hydrogen-bond acceptors (Lipinski definition) is 9. The predicted octanol–water partition coefficient (Wildman–Crippen LogP) is 5.97. The Hall–Kier alpha value is -3.86. The summed E-state index contributed by atoms with van der Waals surface area (Å²) in [6.45, 7) is 5.57. The molecule has 0 aliphatic carbocycles. The van der Waals surface area contributed by atoms with Crippen molar-refractivity contribution in [3.05, 3.63) is 117 Å². The molecule has 1 atom stereocenters. The average molecular weight is 752 g/mol. The summed E-state index contributed by atoms with van der Waals surface area (Å²) in [6.07, 6.45) is 3.46. The highest BCUT2D eigenvalue weighted by molar-refractivity contribution is 14.1. The van der Waals surface area contributed by atoms with Crippen molar-refractivity contribution >= 4 is 57.7 Å². The highest BCUT2D eigenvalue weighted by Crippen LogP contribution is 2.35. The average Bonchev–Trinajstić information content (AvgIpc) is 3.32. The lowest BCUT2D eigenvalue weighted by atomic mass is 9.96. The van der Waals surface area contributed by atoms with Gasteiger partial charge in [0.05, 0.1) is 50.3 Å². The lowest BCUT2D eigenvalue weighted by Crippen LogP contribution is -2.40. The van der Waals surface area contributed by atoms with E-state index in [4.69, 9.17) is 14.2 Å². The summed E-state index contributed by atoms with van der Waals surface area (Å²) in [5.74, 6) is 0.547. The van der Waals surface area contributed by atoms with Crippen molar-refractivity contribution in [1.82, 2.24) is 4.57 Å². The summed E-state index contributed by atoms with van der Waals surface area (Å²) >= 11 is 5.05. The normalized spacial score (nSPS) is 14.5. The first-order chi connectivity index (χ1) is 21.6. The molecule has 230 valence electrons. The van der Waals surface area contributed by atoms with Crippen LogP contribution >= 0.6 is 45.7 Å². The summed E-state index contributed by atoms with van der Waals surface area (Å²) in [5.41, 5.74) is 3.45. The zero-order valence-corrected chi connectivity index (χ0v) is 29.1. The second kappa shape index (κ2) is 14.1. The van der Waals surface area contributed by atoms with Crippen LogP contribution in [0.4, 0.5) is 0 Å². The molecular formula is C34H30IN3O5S2. The van der Waals surface area contributed by atoms with Gasteiger partial charge in [-0.1, -0.05) is 41.7 Å². The van der Waals surface area contributed by atoms with Crippen LogP contribution in [0, 0.1) is 14.9 Å². The molecule has 0 amide bonds. The first kappa shape index (κ1) is 32.5. The maximum absolute atomic E-state index is 14.1. The van der Waals surface area contributed by atoms with E-state index in [0.29, 0.717) is 37.7 Å². The molecule has 1 aliphatic heterocycles. The molecule has 2 heterocycles. The highest BCUT2D eigenvalue weighted by Gasteiger charge is 2.33. The molecule has 0 bridgehead atoms. The molecule has 4 aromatic rings. The van der Waals surface area contributed by atoms with Gasteiger partial charge >= 0.3 is 5.97 Å². The number of nitrogens with zero attached hydrogens (tertiary/aromatic N) is 3. The Balaban J connectivity index is 1.57. The number of thioether (sulfide) groups is 1. The molecule has 0 spiro atoms. The van der Waals surface area contributed by atoms with Crippen LogP contribution in [-0.2, 0) is 16.1 Å². The van der Waals surface area contributed by atoms with Crippen molar-refractivity contribution in [2.45, 2.75) is 44.4 Å². The summed E-state index contributed by atoms with van der Waals surface area (Å²) in [6, 6.07) is 20.3. The Morgan fingerprint density at radius 2 is 1.93 bits per heavy atom. The highest BCUT2D eigenvalue weighted by atomic mass is 127. The van der Waals surface area contributed by atoms with Crippen molar-refractivity contribution in [3.8, 4) is 17.6 Å². The Bertz CT molecular complexity index is 2020. The van der Waals surface area contributed by atoms with E-state index in [1.54, 1.807) is 62.4 Å². The van der Waals surface area contributed by atoms with Gasteiger partial charge in [0.25, 0.3) is 5.56 Å². The Kier molecular flexibility index (Phi) is 10.2. The smallest absolute Gasteiger partial charge is 0.338 e. The number of rotatable bonds is 9. The van der Waals surface area contributed by atoms with Crippen molar-refractivity contribution in [2.24, 2.45) is 4.99 Å². The number of thiazole rings is 1. The van der Waals surface area contributed by atoms with Gasteiger partial charge in [0.15, 0.2) is 16.3 Å². The summed E-state index contributed by atoms with van der Waals surface area (Å²) in [5, 5.41) is 9.43. The first-order valence-electron chi connectivity index (χ1n) is 14.0. The number of esters is 1. The second-order valence-electron chi connectivity index (χ2n) is 10.4. The van der Waals surface area contributed by atoms with Gasteiger partial charge in [-0.15, -0.1) is 11.8 Å². The van der Waals surface area contributed by atoms with Crippen LogP contribution < -0.4 is 24.4 Å². The van der Waals surface area contributed by atoms with Gasteiger partial charge < -0.3 is 14.2 Å². The molecular weight excluding hydrogens is 721 g/mol. The number of aromatic nitrogens is 1. The van der Waals surface area contributed by atoms with Crippen LogP contribution in [0.5, 0.6) is 11.5 Å². The van der Waals surface area contributed by atoms with Crippen LogP contribution in [0.3, 0.4) is 0 Å². The van der Waals surface area contributed by atoms with E-state index in [-0.39, 0.29) is 18.3 Å². The molecule has 45 heavy (non-hydrogen) atoms. The maximum atomic E-state index is 14.1. The molecule has 3 aromatic carbocycles. The van der Waals surface area contributed by atoms with Gasteiger partial charge in [0.1, 0.15) is 6.61 Å². The van der Waals surface area contributed by atoms with E-state index in [9.17, 15) is 14.9 Å². The van der Waals surface area contributed by atoms with Gasteiger partial charge in [-0.2, -0.15) is 5.26 Å². The Labute approximate surface area is 282 Å². The number of hydrogen-bond donors (Lipinski definition) is 0. The Morgan fingerprint density at radius 1 is 1.20 bits per heavy atom. The van der Waals surface area contributed by atoms with E-state index in [2.05, 4.69) is 33.7 Å². The van der Waals surface area contributed by atoms with E-state index in [1.807, 2.05) is 54.8 Å². The van der Waals surface area contributed by atoms with Crippen LogP contribution in [-0.4, -0.2) is 30.0 Å². The van der Waals surface area contributed by atoms with Crippen molar-refractivity contribution in [1.29, 1.82) is 5.26 Å². The number of carbonyl (C=O) groups is 1. The molecule has 8 nitrogen and oxygen atoms in total. The van der Waals surface area contributed by atoms with Gasteiger partial charge in [-0.05, 0) is 97.2 Å². The minimum absolute atomic E-state index is 0.201. The number of nitriles is 1. The molecule has 0 fully saturated rings. The molecule has 0 saturated carbocycles. The zero-order chi connectivity index (χ0) is 32.2. The molecule has 0 radical (unpaired) electrons. The molecule has 5 rings (SSSR count). The number of allylic oxidation sites excluding steroid dienone is 1. The fourth-order valence-corrected chi connectivity index (χ4v) is 7.22. The van der Waals surface area contributed by atoms with E-state index < -0.39 is 12.0 Å². The number of carbonyl (C=O) groups excluding carboxylic acids is 1. The minimum Gasteiger partial charge on any atom is -0.493 e. The lowest BCUT2D eigenvalue weighted by molar-refractivity contribution is -0.143. The number of ether oxygens (including phenoxy) is 3. The first-order valence-corrected chi connectivity index (χ1v) is 17.1. The largest absolute Gasteiger partial charge is 0.493 e. The molecule has 11 heteroatoms. The maximum Gasteiger partial charge on any atom is 0.338 e. The van der Waals surface area contributed by atoms with E-state index >= 15 is 0 Å². The minimum atomic E-state index is -0.688. The van der Waals surface area contributed by atoms with E-state index in [0.717, 1.165) is 25.2 Å². The second-order valence-corrected chi connectivity index (χ2v) is 13.5. The fraction of sp³-hybridized carbons (Fsp3) is 0.235. The third-order valence-corrected chi connectivity index (χ3v) is 9.60. The van der Waals surface area contributed by atoms with Gasteiger partial charge in [0.2, 0.25) is 0 Å².